The van der Waals surface area contributed by atoms with Crippen LogP contribution in [0.25, 0.3) is 11.1 Å². The number of rotatable bonds is 2. The van der Waals surface area contributed by atoms with E-state index in [1.807, 2.05) is 0 Å². The van der Waals surface area contributed by atoms with Gasteiger partial charge in [-0.15, -0.1) is 0 Å². The van der Waals surface area contributed by atoms with E-state index >= 15 is 0 Å². The van der Waals surface area contributed by atoms with Gasteiger partial charge in [0.25, 0.3) is 0 Å². The van der Waals surface area contributed by atoms with Crippen molar-refractivity contribution in [1.82, 2.24) is 0 Å². The second-order valence-corrected chi connectivity index (χ2v) is 22.6. The van der Waals surface area contributed by atoms with E-state index in [9.17, 15) is 0 Å². The van der Waals surface area contributed by atoms with Crippen LogP contribution in [0.2, 0.25) is 5.02 Å². The molecule has 0 fully saturated rings. The molecule has 0 radical (unpaired) electrons. The van der Waals surface area contributed by atoms with E-state index in [2.05, 4.69) is 95.1 Å². The molecule has 0 spiro atoms. The maximum atomic E-state index is 6.89. The summed E-state index contributed by atoms with van der Waals surface area (Å²) in [4.78, 5) is 0. The van der Waals surface area contributed by atoms with Gasteiger partial charge >= 0.3 is 237 Å². The normalized spacial score (nSPS) is 19.7. The Kier molecular flexibility index (Phi) is 5.89. The third kappa shape index (κ3) is 3.60. The fraction of sp³-hybridized carbons (Fsp3) is 0. The summed E-state index contributed by atoms with van der Waals surface area (Å²) in [6, 6.07) is 25.4. The summed E-state index contributed by atoms with van der Waals surface area (Å²) in [5, 5.41) is 0.914. The summed E-state index contributed by atoms with van der Waals surface area (Å²) in [6.07, 6.45) is 4.80. The molecule has 0 aromatic heterocycles. The Morgan fingerprint density at radius 3 is 1.61 bits per heavy atom. The molecule has 0 saturated heterocycles. The van der Waals surface area contributed by atoms with Crippen molar-refractivity contribution >= 4 is 112 Å². The van der Waals surface area contributed by atoms with Crippen LogP contribution in [0, 0.1) is 14.3 Å². The first kappa shape index (κ1) is 21.8. The van der Waals surface area contributed by atoms with Crippen molar-refractivity contribution in [3.8, 4) is 0 Å². The van der Waals surface area contributed by atoms with Gasteiger partial charge in [-0.1, -0.05) is 0 Å². The monoisotopic (exact) mass is 896 g/mol. The van der Waals surface area contributed by atoms with Crippen LogP contribution in [0.3, 0.4) is 0 Å². The molecule has 0 bridgehead atoms. The third-order valence-corrected chi connectivity index (χ3v) is 24.0. The Labute approximate surface area is 233 Å². The van der Waals surface area contributed by atoms with E-state index in [-0.39, 0.29) is 41.5 Å². The van der Waals surface area contributed by atoms with Gasteiger partial charge in [-0.2, -0.15) is 0 Å². The van der Waals surface area contributed by atoms with Crippen molar-refractivity contribution < 1.29 is 0 Å². The van der Waals surface area contributed by atoms with E-state index in [1.54, 1.807) is 14.3 Å². The Morgan fingerprint density at radius 1 is 0.606 bits per heavy atom. The Morgan fingerprint density at radius 2 is 1.09 bits per heavy atom. The van der Waals surface area contributed by atoms with Gasteiger partial charge in [-0.3, -0.25) is 0 Å². The van der Waals surface area contributed by atoms with E-state index < -0.39 is 39.6 Å². The van der Waals surface area contributed by atoms with Crippen molar-refractivity contribution in [2.24, 2.45) is 0 Å². The van der Waals surface area contributed by atoms with Crippen molar-refractivity contribution in [3.05, 3.63) is 125 Å². The zero-order chi connectivity index (χ0) is 21.9. The van der Waals surface area contributed by atoms with Gasteiger partial charge in [0, 0.05) is 0 Å². The average Bonchev–Trinajstić information content (AvgIpc) is 3.37. The maximum absolute atomic E-state index is 6.89. The van der Waals surface area contributed by atoms with Crippen LogP contribution in [0.5, 0.6) is 0 Å². The SMILES string of the molecule is Clc1cc(I2C3=C(C=CI=C3)c3ccccc32)cc(I2C3=C(C=CI=C3)c3ccccc32)c1. The quantitative estimate of drug-likeness (QED) is 0.225. The predicted octanol–water partition coefficient (Wildman–Crippen LogP) is 9.48. The van der Waals surface area contributed by atoms with Crippen LogP contribution in [-0.2, 0) is 0 Å². The van der Waals surface area contributed by atoms with E-state index in [1.165, 1.54) is 29.4 Å². The fourth-order valence-electron chi connectivity index (χ4n) is 4.50. The summed E-state index contributed by atoms with van der Waals surface area (Å²) < 4.78 is 19.5. The molecule has 0 aliphatic carbocycles. The summed E-state index contributed by atoms with van der Waals surface area (Å²) >= 11 is 3.50. The number of allylic oxidation sites excluding steroid dienone is 6. The molecule has 0 nitrogen and oxygen atoms in total. The summed E-state index contributed by atoms with van der Waals surface area (Å²) in [5.74, 6) is 0. The number of fused-ring (bicyclic) bond motifs is 4. The van der Waals surface area contributed by atoms with Gasteiger partial charge in [-0.25, -0.2) is 0 Å². The topological polar surface area (TPSA) is 0 Å². The second kappa shape index (κ2) is 8.90. The molecule has 0 amide bonds. The first-order valence-electron chi connectivity index (χ1n) is 10.4. The molecule has 3 aromatic rings. The van der Waals surface area contributed by atoms with Gasteiger partial charge in [0.2, 0.25) is 0 Å². The molecule has 0 atom stereocenters. The molecule has 0 unspecified atom stereocenters. The van der Waals surface area contributed by atoms with Crippen molar-refractivity contribution in [1.29, 1.82) is 0 Å². The molecule has 4 aliphatic rings. The van der Waals surface area contributed by atoms with Crippen LogP contribution in [0.1, 0.15) is 11.1 Å². The van der Waals surface area contributed by atoms with Crippen LogP contribution in [0.15, 0.2) is 94.2 Å². The molecular weight excluding hydrogens is 879 g/mol. The molecule has 0 saturated carbocycles. The zero-order valence-electron chi connectivity index (χ0n) is 17.2. The molecular formula is C28H17ClI4. The number of hydrogen-bond donors (Lipinski definition) is 0. The van der Waals surface area contributed by atoms with Gasteiger partial charge in [-0.05, 0) is 0 Å². The minimum absolute atomic E-state index is 0.0228. The van der Waals surface area contributed by atoms with Gasteiger partial charge in [0.05, 0.1) is 0 Å². The van der Waals surface area contributed by atoms with Crippen LogP contribution < -0.4 is 0 Å². The Balaban J connectivity index is 1.43. The molecule has 4 aliphatic heterocycles. The molecule has 4 heterocycles. The fourth-order valence-corrected chi connectivity index (χ4v) is 25.9. The summed E-state index contributed by atoms with van der Waals surface area (Å²) in [5.41, 5.74) is 5.88. The standard InChI is InChI=1S/C28H17ClI4/c29-18-13-19(32-25-7-3-1-5-21(25)23-9-11-30-16-27(23)32)15-20(14-18)33-26-8-4-2-6-22(26)24-10-12-31-17-28(24)33/h1-17H. The number of hydrogen-bond acceptors (Lipinski definition) is 0. The number of halogens is 5. The molecule has 3 aromatic carbocycles. The minimum atomic E-state index is -1.72. The van der Waals surface area contributed by atoms with Crippen molar-refractivity contribution in [3.63, 3.8) is 0 Å². The third-order valence-electron chi connectivity index (χ3n) is 5.84. The summed E-state index contributed by atoms with van der Waals surface area (Å²) in [6.45, 7) is 0. The van der Waals surface area contributed by atoms with Crippen molar-refractivity contribution in [2.45, 2.75) is 0 Å². The van der Waals surface area contributed by atoms with Gasteiger partial charge < -0.3 is 0 Å². The second-order valence-electron chi connectivity index (χ2n) is 7.69. The van der Waals surface area contributed by atoms with Crippen LogP contribution in [0.4, 0.5) is 0 Å². The summed E-state index contributed by atoms with van der Waals surface area (Å²) in [7, 11) is 0. The van der Waals surface area contributed by atoms with E-state index in [0.29, 0.717) is 0 Å². The van der Waals surface area contributed by atoms with Crippen LogP contribution in [-0.4, -0.2) is 8.02 Å². The van der Waals surface area contributed by atoms with E-state index in [0.717, 1.165) is 5.02 Å². The molecule has 7 rings (SSSR count). The first-order chi connectivity index (χ1) is 16.3. The predicted molar refractivity (Wildman–Crippen MR) is 179 cm³/mol. The van der Waals surface area contributed by atoms with Crippen LogP contribution >= 0.6 is 92.7 Å². The van der Waals surface area contributed by atoms with E-state index in [4.69, 9.17) is 11.6 Å². The molecule has 33 heavy (non-hydrogen) atoms. The van der Waals surface area contributed by atoms with Gasteiger partial charge in [0.15, 0.2) is 0 Å². The molecule has 5 heteroatoms. The first-order valence-corrected chi connectivity index (χ1v) is 22.2. The molecule has 164 valence electrons. The van der Waals surface area contributed by atoms with Gasteiger partial charge in [0.1, 0.15) is 0 Å². The zero-order valence-corrected chi connectivity index (χ0v) is 26.6. The Hall–Kier alpha value is -0.430. The molecule has 0 N–H and O–H groups in total. The Bertz CT molecular complexity index is 1430. The number of benzene rings is 3. The van der Waals surface area contributed by atoms with Crippen molar-refractivity contribution in [2.75, 3.05) is 0 Å². The average molecular weight is 897 g/mol.